The third-order valence-electron chi connectivity index (χ3n) is 2.44. The van der Waals surface area contributed by atoms with Gasteiger partial charge in [-0.15, -0.1) is 0 Å². The predicted molar refractivity (Wildman–Crippen MR) is 81.8 cm³/mol. The van der Waals surface area contributed by atoms with Crippen LogP contribution in [0.2, 0.25) is 0 Å². The fourth-order valence-electron chi connectivity index (χ4n) is 1.62. The van der Waals surface area contributed by atoms with E-state index in [0.717, 1.165) is 11.6 Å². The molecule has 122 valence electrons. The summed E-state index contributed by atoms with van der Waals surface area (Å²) in [6.07, 6.45) is -5.13. The molecule has 0 spiro atoms. The number of halogens is 3. The summed E-state index contributed by atoms with van der Waals surface area (Å²) in [5.41, 5.74) is -0.150. The van der Waals surface area contributed by atoms with Crippen molar-refractivity contribution in [1.29, 1.82) is 0 Å². The number of thiocarbonyl (C=S) groups is 1. The summed E-state index contributed by atoms with van der Waals surface area (Å²) in [5, 5.41) is 4.85. The third-order valence-corrected chi connectivity index (χ3v) is 2.56. The van der Waals surface area contributed by atoms with E-state index in [0.29, 0.717) is 5.56 Å². The average molecular weight is 334 g/mol. The topological polar surface area (TPSA) is 50.4 Å². The monoisotopic (exact) mass is 334 g/mol. The standard InChI is InChI=1S/C14H17F3N2O2S/c1-13(2,3)21-12(20)18-7-9-4-5-10(14(15,16)17)11(6-9)19-8-22/h4-6,8H,7H2,1-3H3,(H,18,20)(H,19,22). The molecule has 0 aliphatic heterocycles. The second kappa shape index (κ2) is 6.95. The van der Waals surface area contributed by atoms with Gasteiger partial charge in [-0.2, -0.15) is 13.2 Å². The number of ether oxygens (including phenoxy) is 1. The van der Waals surface area contributed by atoms with Crippen molar-refractivity contribution < 1.29 is 22.7 Å². The van der Waals surface area contributed by atoms with E-state index in [1.54, 1.807) is 20.8 Å². The third kappa shape index (κ3) is 5.88. The van der Waals surface area contributed by atoms with Gasteiger partial charge in [-0.05, 0) is 38.5 Å². The number of benzene rings is 1. The molecule has 4 nitrogen and oxygen atoms in total. The van der Waals surface area contributed by atoms with Crippen molar-refractivity contribution in [3.63, 3.8) is 0 Å². The molecule has 0 fully saturated rings. The minimum absolute atomic E-state index is 0.0408. The van der Waals surface area contributed by atoms with E-state index >= 15 is 0 Å². The molecule has 0 saturated carbocycles. The van der Waals surface area contributed by atoms with Crippen LogP contribution in [0.1, 0.15) is 31.9 Å². The summed E-state index contributed by atoms with van der Waals surface area (Å²) in [4.78, 5) is 11.5. The highest BCUT2D eigenvalue weighted by Crippen LogP contribution is 2.35. The zero-order valence-electron chi connectivity index (χ0n) is 12.4. The van der Waals surface area contributed by atoms with Crippen LogP contribution >= 0.6 is 12.2 Å². The minimum Gasteiger partial charge on any atom is -0.444 e. The van der Waals surface area contributed by atoms with Crippen molar-refractivity contribution in [1.82, 2.24) is 5.32 Å². The van der Waals surface area contributed by atoms with Crippen LogP contribution in [0.3, 0.4) is 0 Å². The van der Waals surface area contributed by atoms with Crippen LogP contribution in [0, 0.1) is 0 Å². The van der Waals surface area contributed by atoms with Gasteiger partial charge in [0.05, 0.1) is 16.7 Å². The van der Waals surface area contributed by atoms with E-state index in [1.165, 1.54) is 12.1 Å². The van der Waals surface area contributed by atoms with Gasteiger partial charge in [0.15, 0.2) is 0 Å². The fourth-order valence-corrected chi connectivity index (χ4v) is 1.75. The van der Waals surface area contributed by atoms with Gasteiger partial charge in [0, 0.05) is 6.54 Å². The summed E-state index contributed by atoms with van der Waals surface area (Å²) in [7, 11) is 0. The Hall–Kier alpha value is -1.83. The summed E-state index contributed by atoms with van der Waals surface area (Å²) in [5.74, 6) is 0. The molecule has 0 radical (unpaired) electrons. The second-order valence-corrected chi connectivity index (χ2v) is 5.73. The van der Waals surface area contributed by atoms with E-state index in [9.17, 15) is 18.0 Å². The lowest BCUT2D eigenvalue weighted by Crippen LogP contribution is -2.32. The Bertz CT molecular complexity index is 554. The first-order valence-electron chi connectivity index (χ1n) is 6.40. The van der Waals surface area contributed by atoms with Crippen LogP contribution in [0.25, 0.3) is 0 Å². The molecule has 0 unspecified atom stereocenters. The first kappa shape index (κ1) is 18.2. The molecule has 0 saturated heterocycles. The Balaban J connectivity index is 2.83. The molecule has 8 heteroatoms. The number of alkyl halides is 3. The Labute approximate surface area is 132 Å². The molecule has 0 aliphatic carbocycles. The summed E-state index contributed by atoms with van der Waals surface area (Å²) < 4.78 is 43.5. The average Bonchev–Trinajstić information content (AvgIpc) is 2.33. The van der Waals surface area contributed by atoms with Gasteiger partial charge in [-0.25, -0.2) is 4.79 Å². The van der Waals surface area contributed by atoms with Crippen molar-refractivity contribution in [3.05, 3.63) is 29.3 Å². The van der Waals surface area contributed by atoms with Gasteiger partial charge in [-0.1, -0.05) is 18.3 Å². The highest BCUT2D eigenvalue weighted by molar-refractivity contribution is 7.79. The molecule has 1 rings (SSSR count). The Morgan fingerprint density at radius 1 is 1.32 bits per heavy atom. The summed E-state index contributed by atoms with van der Waals surface area (Å²) in [6, 6.07) is 3.50. The van der Waals surface area contributed by atoms with E-state index in [-0.39, 0.29) is 12.2 Å². The number of nitrogens with one attached hydrogen (secondary N) is 2. The van der Waals surface area contributed by atoms with E-state index in [1.807, 2.05) is 0 Å². The van der Waals surface area contributed by atoms with E-state index in [2.05, 4.69) is 22.9 Å². The fraction of sp³-hybridized carbons (Fsp3) is 0.429. The second-order valence-electron chi connectivity index (χ2n) is 5.50. The zero-order chi connectivity index (χ0) is 17.0. The quantitative estimate of drug-likeness (QED) is 0.814. The molecule has 1 amide bonds. The molecule has 1 aromatic rings. The molecule has 0 aliphatic rings. The molecular formula is C14H17F3N2O2S. The number of amides is 1. The van der Waals surface area contributed by atoms with Crippen molar-refractivity contribution in [2.75, 3.05) is 5.32 Å². The first-order valence-corrected chi connectivity index (χ1v) is 6.87. The van der Waals surface area contributed by atoms with Crippen LogP contribution < -0.4 is 10.6 Å². The van der Waals surface area contributed by atoms with Gasteiger partial charge >= 0.3 is 12.3 Å². The predicted octanol–water partition coefficient (Wildman–Crippen LogP) is 4.10. The normalized spacial score (nSPS) is 11.7. The van der Waals surface area contributed by atoms with Gasteiger partial charge in [-0.3, -0.25) is 0 Å². The molecule has 0 bridgehead atoms. The molecular weight excluding hydrogens is 317 g/mol. The number of carbonyl (C=O) groups is 1. The van der Waals surface area contributed by atoms with Crippen LogP contribution in [-0.4, -0.2) is 17.2 Å². The lowest BCUT2D eigenvalue weighted by atomic mass is 10.1. The molecule has 0 aromatic heterocycles. The lowest BCUT2D eigenvalue weighted by Gasteiger charge is -2.20. The van der Waals surface area contributed by atoms with E-state index < -0.39 is 23.4 Å². The summed E-state index contributed by atoms with van der Waals surface area (Å²) in [6.45, 7) is 5.18. The maximum absolute atomic E-state index is 12.8. The van der Waals surface area contributed by atoms with Gasteiger partial charge in [0.2, 0.25) is 0 Å². The van der Waals surface area contributed by atoms with Crippen LogP contribution in [0.4, 0.5) is 23.7 Å². The number of alkyl carbamates (subject to hydrolysis) is 1. The van der Waals surface area contributed by atoms with Crippen LogP contribution in [0.15, 0.2) is 18.2 Å². The van der Waals surface area contributed by atoms with E-state index in [4.69, 9.17) is 4.74 Å². The van der Waals surface area contributed by atoms with Crippen LogP contribution in [-0.2, 0) is 17.5 Å². The molecule has 1 aromatic carbocycles. The Kier molecular flexibility index (Phi) is 5.76. The lowest BCUT2D eigenvalue weighted by molar-refractivity contribution is -0.136. The highest BCUT2D eigenvalue weighted by atomic mass is 32.1. The molecule has 0 heterocycles. The zero-order valence-corrected chi connectivity index (χ0v) is 13.2. The minimum atomic E-state index is -4.49. The van der Waals surface area contributed by atoms with Crippen LogP contribution in [0.5, 0.6) is 0 Å². The van der Waals surface area contributed by atoms with Crippen molar-refractivity contribution in [3.8, 4) is 0 Å². The molecule has 2 N–H and O–H groups in total. The first-order chi connectivity index (χ1) is 10.0. The Morgan fingerprint density at radius 3 is 2.45 bits per heavy atom. The molecule has 0 atom stereocenters. The smallest absolute Gasteiger partial charge is 0.418 e. The van der Waals surface area contributed by atoms with Crippen molar-refractivity contribution in [2.45, 2.75) is 39.1 Å². The van der Waals surface area contributed by atoms with Gasteiger partial charge in [0.1, 0.15) is 5.60 Å². The Morgan fingerprint density at radius 2 is 1.95 bits per heavy atom. The van der Waals surface area contributed by atoms with Crippen molar-refractivity contribution in [2.24, 2.45) is 0 Å². The number of anilines is 1. The maximum atomic E-state index is 12.8. The van der Waals surface area contributed by atoms with Crippen molar-refractivity contribution >= 4 is 29.5 Å². The molecule has 22 heavy (non-hydrogen) atoms. The SMILES string of the molecule is CC(C)(C)OC(=O)NCc1ccc(C(F)(F)F)c(NC=S)c1. The summed E-state index contributed by atoms with van der Waals surface area (Å²) >= 11 is 4.53. The number of hydrogen-bond donors (Lipinski definition) is 2. The number of carbonyl (C=O) groups excluding carboxylic acids is 1. The highest BCUT2D eigenvalue weighted by Gasteiger charge is 2.33. The maximum Gasteiger partial charge on any atom is 0.418 e. The van der Waals surface area contributed by atoms with Gasteiger partial charge < -0.3 is 15.4 Å². The van der Waals surface area contributed by atoms with Gasteiger partial charge in [0.25, 0.3) is 0 Å². The number of rotatable bonds is 4. The number of hydrogen-bond acceptors (Lipinski definition) is 3. The largest absolute Gasteiger partial charge is 0.444 e.